The first-order valence-corrected chi connectivity index (χ1v) is 5.69. The Morgan fingerprint density at radius 3 is 2.58 bits per heavy atom. The number of halogens is 3. The van der Waals surface area contributed by atoms with Gasteiger partial charge >= 0.3 is 0 Å². The first kappa shape index (κ1) is 11.8. The number of aromatic nitrogens is 2. The van der Waals surface area contributed by atoms with Crippen molar-refractivity contribution in [3.63, 3.8) is 0 Å². The van der Waals surface area contributed by atoms with E-state index in [1.807, 2.05) is 0 Å². The maximum atomic E-state index is 13.7. The zero-order chi connectivity index (χ0) is 13.4. The van der Waals surface area contributed by atoms with E-state index in [0.29, 0.717) is 10.9 Å². The first-order chi connectivity index (χ1) is 9.15. The van der Waals surface area contributed by atoms with Crippen LogP contribution < -0.4 is 0 Å². The van der Waals surface area contributed by atoms with Crippen molar-refractivity contribution in [3.05, 3.63) is 65.6 Å². The molecule has 0 aliphatic rings. The minimum Gasteiger partial charge on any atom is -0.257 e. The molecule has 0 spiro atoms. The second kappa shape index (κ2) is 4.42. The van der Waals surface area contributed by atoms with Crippen molar-refractivity contribution in [3.8, 4) is 0 Å². The summed E-state index contributed by atoms with van der Waals surface area (Å²) in [6.07, 6.45) is 1.36. The van der Waals surface area contributed by atoms with Crippen LogP contribution in [0.5, 0.6) is 0 Å². The van der Waals surface area contributed by atoms with E-state index in [4.69, 9.17) is 0 Å². The van der Waals surface area contributed by atoms with Crippen LogP contribution in [0.4, 0.5) is 13.2 Å². The molecule has 0 aliphatic heterocycles. The standard InChI is InChI=1S/C14H9F3N2/c15-11-5-10-7-18-19(14(10)13(17)6-11)8-9-3-1-2-4-12(9)16/h1-7H,8H2. The number of benzene rings is 2. The third-order valence-electron chi connectivity index (χ3n) is 2.93. The van der Waals surface area contributed by atoms with E-state index in [1.165, 1.54) is 23.0 Å². The van der Waals surface area contributed by atoms with Gasteiger partial charge in [0.2, 0.25) is 0 Å². The molecule has 0 fully saturated rings. The number of hydrogen-bond donors (Lipinski definition) is 0. The maximum absolute atomic E-state index is 13.7. The van der Waals surface area contributed by atoms with E-state index in [2.05, 4.69) is 5.10 Å². The van der Waals surface area contributed by atoms with Gasteiger partial charge in [0.25, 0.3) is 0 Å². The molecule has 0 amide bonds. The second-order valence-electron chi connectivity index (χ2n) is 4.22. The molecule has 2 aromatic carbocycles. The second-order valence-corrected chi connectivity index (χ2v) is 4.22. The van der Waals surface area contributed by atoms with Crippen LogP contribution in [-0.4, -0.2) is 9.78 Å². The zero-order valence-electron chi connectivity index (χ0n) is 9.78. The summed E-state index contributed by atoms with van der Waals surface area (Å²) < 4.78 is 41.7. The van der Waals surface area contributed by atoms with Gasteiger partial charge in [0, 0.05) is 17.0 Å². The molecule has 2 nitrogen and oxygen atoms in total. The largest absolute Gasteiger partial charge is 0.257 e. The molecule has 0 bridgehead atoms. The van der Waals surface area contributed by atoms with Crippen molar-refractivity contribution >= 4 is 10.9 Å². The highest BCUT2D eigenvalue weighted by Crippen LogP contribution is 2.20. The van der Waals surface area contributed by atoms with Crippen molar-refractivity contribution in [2.45, 2.75) is 6.54 Å². The van der Waals surface area contributed by atoms with Crippen molar-refractivity contribution < 1.29 is 13.2 Å². The molecule has 3 rings (SSSR count). The van der Waals surface area contributed by atoms with Crippen LogP contribution in [0.2, 0.25) is 0 Å². The van der Waals surface area contributed by atoms with Gasteiger partial charge in [-0.3, -0.25) is 4.68 Å². The smallest absolute Gasteiger partial charge is 0.152 e. The van der Waals surface area contributed by atoms with Gasteiger partial charge in [0.05, 0.1) is 12.7 Å². The summed E-state index contributed by atoms with van der Waals surface area (Å²) in [4.78, 5) is 0. The highest BCUT2D eigenvalue weighted by molar-refractivity contribution is 5.79. The lowest BCUT2D eigenvalue weighted by atomic mass is 10.2. The van der Waals surface area contributed by atoms with Crippen LogP contribution in [0.15, 0.2) is 42.6 Å². The fourth-order valence-electron chi connectivity index (χ4n) is 2.05. The van der Waals surface area contributed by atoms with Crippen molar-refractivity contribution in [2.75, 3.05) is 0 Å². The zero-order valence-corrected chi connectivity index (χ0v) is 9.78. The van der Waals surface area contributed by atoms with Gasteiger partial charge in [-0.15, -0.1) is 0 Å². The minimum absolute atomic E-state index is 0.0960. The summed E-state index contributed by atoms with van der Waals surface area (Å²) >= 11 is 0. The molecule has 0 saturated carbocycles. The van der Waals surface area contributed by atoms with Gasteiger partial charge in [-0.2, -0.15) is 5.10 Å². The molecule has 5 heteroatoms. The van der Waals surface area contributed by atoms with Crippen LogP contribution in [0.3, 0.4) is 0 Å². The van der Waals surface area contributed by atoms with Crippen LogP contribution in [0.1, 0.15) is 5.56 Å². The van der Waals surface area contributed by atoms with Crippen molar-refractivity contribution in [1.82, 2.24) is 9.78 Å². The van der Waals surface area contributed by atoms with E-state index in [0.717, 1.165) is 6.07 Å². The monoisotopic (exact) mass is 262 g/mol. The van der Waals surface area contributed by atoms with Crippen LogP contribution in [-0.2, 0) is 6.54 Å². The van der Waals surface area contributed by atoms with Crippen LogP contribution in [0, 0.1) is 17.5 Å². The topological polar surface area (TPSA) is 17.8 Å². The molecular formula is C14H9F3N2. The highest BCUT2D eigenvalue weighted by atomic mass is 19.1. The minimum atomic E-state index is -0.705. The van der Waals surface area contributed by atoms with Gasteiger partial charge in [-0.1, -0.05) is 18.2 Å². The molecule has 1 heterocycles. The fraction of sp³-hybridized carbons (Fsp3) is 0.0714. The lowest BCUT2D eigenvalue weighted by molar-refractivity contribution is 0.571. The van der Waals surface area contributed by atoms with Gasteiger partial charge in [-0.25, -0.2) is 13.2 Å². The Kier molecular flexibility index (Phi) is 2.74. The van der Waals surface area contributed by atoms with E-state index in [9.17, 15) is 13.2 Å². The number of nitrogens with zero attached hydrogens (tertiary/aromatic N) is 2. The van der Waals surface area contributed by atoms with E-state index < -0.39 is 11.6 Å². The molecule has 0 radical (unpaired) electrons. The lowest BCUT2D eigenvalue weighted by Crippen LogP contribution is -2.04. The quantitative estimate of drug-likeness (QED) is 0.691. The first-order valence-electron chi connectivity index (χ1n) is 5.69. The molecule has 0 atom stereocenters. The molecule has 1 aromatic heterocycles. The molecular weight excluding hydrogens is 253 g/mol. The third-order valence-corrected chi connectivity index (χ3v) is 2.93. The van der Waals surface area contributed by atoms with Gasteiger partial charge in [0.1, 0.15) is 17.2 Å². The maximum Gasteiger partial charge on any atom is 0.152 e. The summed E-state index contributed by atoms with van der Waals surface area (Å²) in [5, 5.41) is 4.33. The number of rotatable bonds is 2. The summed E-state index contributed by atoms with van der Waals surface area (Å²) in [6.45, 7) is 0.0960. The summed E-state index contributed by atoms with van der Waals surface area (Å²) in [5.74, 6) is -1.74. The third kappa shape index (κ3) is 2.07. The summed E-state index contributed by atoms with van der Waals surface area (Å²) in [5.41, 5.74) is 0.570. The van der Waals surface area contributed by atoms with Crippen molar-refractivity contribution in [2.24, 2.45) is 0 Å². The molecule has 0 saturated heterocycles. The Morgan fingerprint density at radius 2 is 1.79 bits per heavy atom. The molecule has 0 aliphatic carbocycles. The predicted molar refractivity (Wildman–Crippen MR) is 65.2 cm³/mol. The Balaban J connectivity index is 2.09. The Morgan fingerprint density at radius 1 is 1.00 bits per heavy atom. The molecule has 96 valence electrons. The highest BCUT2D eigenvalue weighted by Gasteiger charge is 2.12. The Labute approximate surface area is 107 Å². The summed E-state index contributed by atoms with van der Waals surface area (Å²) in [6, 6.07) is 8.20. The molecule has 3 aromatic rings. The van der Waals surface area contributed by atoms with E-state index in [-0.39, 0.29) is 17.9 Å². The lowest BCUT2D eigenvalue weighted by Gasteiger charge is -2.05. The Hall–Kier alpha value is -2.30. The molecule has 19 heavy (non-hydrogen) atoms. The van der Waals surface area contributed by atoms with E-state index >= 15 is 0 Å². The number of hydrogen-bond acceptors (Lipinski definition) is 1. The molecule has 0 N–H and O–H groups in total. The van der Waals surface area contributed by atoms with Gasteiger partial charge < -0.3 is 0 Å². The number of fused-ring (bicyclic) bond motifs is 1. The van der Waals surface area contributed by atoms with Crippen molar-refractivity contribution in [1.29, 1.82) is 0 Å². The average molecular weight is 262 g/mol. The SMILES string of the molecule is Fc1cc(F)c2c(cnn2Cc2ccccc2F)c1. The predicted octanol–water partition coefficient (Wildman–Crippen LogP) is 3.50. The Bertz CT molecular complexity index is 750. The normalized spacial score (nSPS) is 11.1. The summed E-state index contributed by atoms with van der Waals surface area (Å²) in [7, 11) is 0. The van der Waals surface area contributed by atoms with Crippen LogP contribution in [0.25, 0.3) is 10.9 Å². The van der Waals surface area contributed by atoms with Crippen LogP contribution >= 0.6 is 0 Å². The van der Waals surface area contributed by atoms with Gasteiger partial charge in [-0.05, 0) is 12.1 Å². The van der Waals surface area contributed by atoms with Gasteiger partial charge in [0.15, 0.2) is 5.82 Å². The van der Waals surface area contributed by atoms with E-state index in [1.54, 1.807) is 18.2 Å². The fourth-order valence-corrected chi connectivity index (χ4v) is 2.05. The molecule has 0 unspecified atom stereocenters. The average Bonchev–Trinajstić information content (AvgIpc) is 2.75.